The molecule has 19 heavy (non-hydrogen) atoms. The first-order chi connectivity index (χ1) is 9.01. The summed E-state index contributed by atoms with van der Waals surface area (Å²) in [5.41, 5.74) is 3.33. The first-order valence-electron chi connectivity index (χ1n) is 5.91. The van der Waals surface area contributed by atoms with E-state index in [4.69, 9.17) is 0 Å². The molecule has 0 aliphatic carbocycles. The van der Waals surface area contributed by atoms with Crippen molar-refractivity contribution < 1.29 is 0 Å². The molecule has 0 spiro atoms. The lowest BCUT2D eigenvalue weighted by atomic mass is 10.3. The lowest BCUT2D eigenvalue weighted by Crippen LogP contribution is -2.06. The van der Waals surface area contributed by atoms with Crippen LogP contribution in [0.15, 0.2) is 31.6 Å². The van der Waals surface area contributed by atoms with Gasteiger partial charge < -0.3 is 5.32 Å². The predicted molar refractivity (Wildman–Crippen MR) is 89.5 cm³/mol. The fraction of sp³-hybridized carbons (Fsp3) is 0.308. The minimum absolute atomic E-state index is 0.738. The quantitative estimate of drug-likeness (QED) is 0.717. The predicted octanol–water partition coefficient (Wildman–Crippen LogP) is 4.88. The molecule has 0 saturated heterocycles. The number of rotatable bonds is 4. The molecule has 1 heterocycles. The Labute approximate surface area is 138 Å². The zero-order chi connectivity index (χ0) is 14.0. The van der Waals surface area contributed by atoms with E-state index in [0.29, 0.717) is 0 Å². The fourth-order valence-electron chi connectivity index (χ4n) is 1.80. The van der Waals surface area contributed by atoms with E-state index >= 15 is 0 Å². The maximum Gasteiger partial charge on any atom is 0.0632 e. The third kappa shape index (κ3) is 3.61. The molecule has 0 aliphatic heterocycles. The number of benzene rings is 1. The van der Waals surface area contributed by atoms with Gasteiger partial charge in [-0.25, -0.2) is 0 Å². The van der Waals surface area contributed by atoms with Crippen molar-refractivity contribution in [1.82, 2.24) is 9.78 Å². The van der Waals surface area contributed by atoms with E-state index in [2.05, 4.69) is 71.2 Å². The summed E-state index contributed by atoms with van der Waals surface area (Å²) in [6.07, 6.45) is 0.958. The molecule has 1 N–H and O–H groups in total. The Morgan fingerprint density at radius 3 is 2.32 bits per heavy atom. The van der Waals surface area contributed by atoms with Gasteiger partial charge in [-0.3, -0.25) is 4.68 Å². The molecule has 3 nitrogen and oxygen atoms in total. The third-order valence-electron chi connectivity index (χ3n) is 2.84. The molecule has 0 bridgehead atoms. The van der Waals surface area contributed by atoms with Crippen LogP contribution in [0.1, 0.15) is 18.3 Å². The van der Waals surface area contributed by atoms with Crippen molar-refractivity contribution in [3.8, 4) is 0 Å². The number of aromatic nitrogens is 2. The van der Waals surface area contributed by atoms with Gasteiger partial charge in [-0.2, -0.15) is 5.10 Å². The highest BCUT2D eigenvalue weighted by molar-refractivity contribution is 9.11. The highest BCUT2D eigenvalue weighted by Gasteiger charge is 2.08. The second kappa shape index (κ2) is 6.41. The maximum atomic E-state index is 4.45. The number of halogens is 3. The first-order valence-corrected chi connectivity index (χ1v) is 8.29. The Morgan fingerprint density at radius 1 is 1.16 bits per heavy atom. The van der Waals surface area contributed by atoms with Crippen LogP contribution in [0.3, 0.4) is 0 Å². The van der Waals surface area contributed by atoms with Crippen LogP contribution in [0.5, 0.6) is 0 Å². The van der Waals surface area contributed by atoms with Gasteiger partial charge in [-0.05, 0) is 56.5 Å². The molecule has 0 atom stereocenters. The number of nitrogens with zero attached hydrogens (tertiary/aromatic N) is 2. The Balaban J connectivity index is 2.16. The van der Waals surface area contributed by atoms with E-state index in [9.17, 15) is 0 Å². The van der Waals surface area contributed by atoms with Crippen LogP contribution in [-0.4, -0.2) is 9.78 Å². The van der Waals surface area contributed by atoms with Gasteiger partial charge in [0, 0.05) is 20.5 Å². The molecule has 1 aromatic heterocycles. The molecular weight excluding hydrogens is 438 g/mol. The van der Waals surface area contributed by atoms with Crippen LogP contribution in [0, 0.1) is 0 Å². The van der Waals surface area contributed by atoms with Crippen molar-refractivity contribution in [2.75, 3.05) is 5.32 Å². The summed E-state index contributed by atoms with van der Waals surface area (Å²) in [7, 11) is 1.97. The molecule has 0 amide bonds. The van der Waals surface area contributed by atoms with Crippen LogP contribution in [-0.2, 0) is 20.0 Å². The van der Waals surface area contributed by atoms with Crippen molar-refractivity contribution >= 4 is 53.5 Å². The number of anilines is 1. The monoisotopic (exact) mass is 449 g/mol. The van der Waals surface area contributed by atoms with Crippen LogP contribution in [0.25, 0.3) is 0 Å². The molecule has 102 valence electrons. The van der Waals surface area contributed by atoms with E-state index in [1.165, 1.54) is 5.69 Å². The largest absolute Gasteiger partial charge is 0.378 e. The molecule has 2 rings (SSSR count). The average Bonchev–Trinajstić information content (AvgIpc) is 2.69. The summed E-state index contributed by atoms with van der Waals surface area (Å²) < 4.78 is 5.00. The van der Waals surface area contributed by atoms with Gasteiger partial charge in [0.1, 0.15) is 0 Å². The van der Waals surface area contributed by atoms with E-state index in [-0.39, 0.29) is 0 Å². The van der Waals surface area contributed by atoms with Crippen molar-refractivity contribution in [1.29, 1.82) is 0 Å². The minimum atomic E-state index is 0.738. The second-order valence-electron chi connectivity index (χ2n) is 4.20. The number of aryl methyl sites for hydroxylation is 2. The molecule has 2 aromatic rings. The smallest absolute Gasteiger partial charge is 0.0632 e. The summed E-state index contributed by atoms with van der Waals surface area (Å²) in [6, 6.07) is 6.18. The van der Waals surface area contributed by atoms with Crippen molar-refractivity contribution in [3.05, 3.63) is 43.0 Å². The van der Waals surface area contributed by atoms with Gasteiger partial charge in [0.2, 0.25) is 0 Å². The molecule has 1 aromatic carbocycles. The highest BCUT2D eigenvalue weighted by Crippen LogP contribution is 2.34. The van der Waals surface area contributed by atoms with Gasteiger partial charge in [-0.15, -0.1) is 0 Å². The molecule has 0 radical (unpaired) electrons. The molecule has 0 fully saturated rings. The van der Waals surface area contributed by atoms with Crippen LogP contribution in [0.4, 0.5) is 5.69 Å². The van der Waals surface area contributed by atoms with Crippen LogP contribution in [0.2, 0.25) is 0 Å². The number of nitrogens with one attached hydrogen (secondary N) is 1. The Morgan fingerprint density at radius 2 is 1.79 bits per heavy atom. The Hall–Kier alpha value is -0.330. The zero-order valence-corrected chi connectivity index (χ0v) is 15.4. The number of hydrogen-bond acceptors (Lipinski definition) is 2. The molecule has 0 unspecified atom stereocenters. The topological polar surface area (TPSA) is 29.9 Å². The normalized spacial score (nSPS) is 10.8. The highest BCUT2D eigenvalue weighted by atomic mass is 79.9. The second-order valence-corrected chi connectivity index (χ2v) is 6.83. The van der Waals surface area contributed by atoms with Crippen LogP contribution < -0.4 is 5.32 Å². The standard InChI is InChI=1S/C13H14Br3N3/c1-3-9-6-10(19(2)18-9)7-17-13-11(15)4-8(14)5-12(13)16/h4-6,17H,3,7H2,1-2H3. The van der Waals surface area contributed by atoms with Crippen molar-refractivity contribution in [2.24, 2.45) is 7.05 Å². The summed E-state index contributed by atoms with van der Waals surface area (Å²) in [5.74, 6) is 0. The summed E-state index contributed by atoms with van der Waals surface area (Å²) in [4.78, 5) is 0. The number of hydrogen-bond donors (Lipinski definition) is 1. The Kier molecular flexibility index (Phi) is 5.09. The van der Waals surface area contributed by atoms with E-state index < -0.39 is 0 Å². The zero-order valence-electron chi connectivity index (χ0n) is 10.7. The Bertz CT molecular complexity index is 570. The molecule has 0 aliphatic rings. The molecular formula is C13H14Br3N3. The van der Waals surface area contributed by atoms with Gasteiger partial charge in [0.25, 0.3) is 0 Å². The van der Waals surface area contributed by atoms with Crippen LogP contribution >= 0.6 is 47.8 Å². The average molecular weight is 452 g/mol. The van der Waals surface area contributed by atoms with Gasteiger partial charge in [0.15, 0.2) is 0 Å². The summed E-state index contributed by atoms with van der Waals surface area (Å²) in [5, 5.41) is 7.87. The van der Waals surface area contributed by atoms with E-state index in [1.807, 2.05) is 23.9 Å². The van der Waals surface area contributed by atoms with Gasteiger partial charge in [-0.1, -0.05) is 22.9 Å². The molecule has 6 heteroatoms. The van der Waals surface area contributed by atoms with Gasteiger partial charge in [0.05, 0.1) is 23.6 Å². The molecule has 0 saturated carbocycles. The van der Waals surface area contributed by atoms with Crippen molar-refractivity contribution in [3.63, 3.8) is 0 Å². The lowest BCUT2D eigenvalue weighted by molar-refractivity contribution is 0.707. The summed E-state index contributed by atoms with van der Waals surface area (Å²) >= 11 is 10.6. The third-order valence-corrected chi connectivity index (χ3v) is 4.55. The van der Waals surface area contributed by atoms with E-state index in [0.717, 1.165) is 37.8 Å². The van der Waals surface area contributed by atoms with Gasteiger partial charge >= 0.3 is 0 Å². The maximum absolute atomic E-state index is 4.45. The van der Waals surface area contributed by atoms with E-state index in [1.54, 1.807) is 0 Å². The fourth-order valence-corrected chi connectivity index (χ4v) is 4.34. The van der Waals surface area contributed by atoms with Crippen molar-refractivity contribution in [2.45, 2.75) is 19.9 Å². The summed E-state index contributed by atoms with van der Waals surface area (Å²) in [6.45, 7) is 2.85. The minimum Gasteiger partial charge on any atom is -0.378 e. The first kappa shape index (κ1) is 15.1. The SMILES string of the molecule is CCc1cc(CNc2c(Br)cc(Br)cc2Br)n(C)n1. The lowest BCUT2D eigenvalue weighted by Gasteiger charge is -2.11.